The molecular weight excluding hydrogens is 161 g/mol. The molecule has 0 unspecified atom stereocenters. The largest absolute Gasteiger partial charge is 0.349 e. The maximum atomic E-state index is 10.7. The van der Waals surface area contributed by atoms with E-state index in [0.717, 1.165) is 0 Å². The molecule has 0 heterocycles. The number of hydrogen-bond acceptors (Lipinski definition) is 1. The molecule has 0 atom stereocenters. The monoisotopic (exact) mass is 169 g/mol. The van der Waals surface area contributed by atoms with Gasteiger partial charge in [0.2, 0.25) is 5.91 Å². The van der Waals surface area contributed by atoms with E-state index in [1.807, 2.05) is 0 Å². The summed E-state index contributed by atoms with van der Waals surface area (Å²) in [6, 6.07) is 0. The predicted octanol–water partition coefficient (Wildman–Crippen LogP) is 1.27. The smallest absolute Gasteiger partial charge is 0.224 e. The number of carbonyl (C=O) groups is 1. The van der Waals surface area contributed by atoms with Crippen molar-refractivity contribution in [2.24, 2.45) is 0 Å². The highest BCUT2D eigenvalue weighted by molar-refractivity contribution is 6.45. The fraction of sp³-hybridized carbons (Fsp3) is 0.800. The number of alkyl halides is 2. The summed E-state index contributed by atoms with van der Waals surface area (Å²) in [6.45, 7) is 0. The van der Waals surface area contributed by atoms with E-state index in [1.165, 1.54) is 4.90 Å². The third-order valence-electron chi connectivity index (χ3n) is 0.828. The lowest BCUT2D eigenvalue weighted by atomic mass is 10.4. The van der Waals surface area contributed by atoms with Crippen LogP contribution in [0.2, 0.25) is 0 Å². The number of carbonyl (C=O) groups excluding carboxylic acids is 1. The van der Waals surface area contributed by atoms with Crippen molar-refractivity contribution in [2.75, 3.05) is 14.1 Å². The molecule has 0 aromatic carbocycles. The molecule has 0 aromatic rings. The van der Waals surface area contributed by atoms with Crippen molar-refractivity contribution >= 4 is 29.1 Å². The van der Waals surface area contributed by atoms with Gasteiger partial charge in [-0.05, 0) is 0 Å². The molecule has 54 valence electrons. The summed E-state index contributed by atoms with van der Waals surface area (Å²) < 4.78 is 0. The number of halogens is 2. The minimum atomic E-state index is -0.583. The fourth-order valence-corrected chi connectivity index (χ4v) is 0.579. The van der Waals surface area contributed by atoms with Crippen LogP contribution in [0.4, 0.5) is 0 Å². The van der Waals surface area contributed by atoms with Crippen LogP contribution in [0.5, 0.6) is 0 Å². The van der Waals surface area contributed by atoms with Gasteiger partial charge in [0, 0.05) is 14.1 Å². The summed E-state index contributed by atoms with van der Waals surface area (Å²) in [4.78, 5) is 11.6. The van der Waals surface area contributed by atoms with Gasteiger partial charge in [-0.1, -0.05) is 0 Å². The molecule has 4 heteroatoms. The Morgan fingerprint density at radius 2 is 2.00 bits per heavy atom. The molecule has 0 rings (SSSR count). The van der Waals surface area contributed by atoms with E-state index >= 15 is 0 Å². The summed E-state index contributed by atoms with van der Waals surface area (Å²) in [6.07, 6.45) is 0.191. The molecule has 0 fully saturated rings. The Morgan fingerprint density at radius 1 is 1.56 bits per heavy atom. The van der Waals surface area contributed by atoms with E-state index in [1.54, 1.807) is 14.1 Å². The van der Waals surface area contributed by atoms with E-state index in [9.17, 15) is 4.79 Å². The zero-order chi connectivity index (χ0) is 7.44. The van der Waals surface area contributed by atoms with Crippen molar-refractivity contribution in [1.82, 2.24) is 4.90 Å². The summed E-state index contributed by atoms with van der Waals surface area (Å²) in [5.74, 6) is -0.0509. The van der Waals surface area contributed by atoms with Crippen LogP contribution >= 0.6 is 23.2 Å². The second-order valence-corrected chi connectivity index (χ2v) is 3.16. The van der Waals surface area contributed by atoms with Crippen molar-refractivity contribution in [3.05, 3.63) is 0 Å². The minimum Gasteiger partial charge on any atom is -0.349 e. The molecule has 0 aromatic heterocycles. The van der Waals surface area contributed by atoms with Crippen molar-refractivity contribution in [2.45, 2.75) is 11.3 Å². The van der Waals surface area contributed by atoms with E-state index in [-0.39, 0.29) is 12.3 Å². The van der Waals surface area contributed by atoms with Gasteiger partial charge in [-0.2, -0.15) is 0 Å². The molecule has 1 amide bonds. The van der Waals surface area contributed by atoms with Crippen LogP contribution in [-0.4, -0.2) is 29.7 Å². The lowest BCUT2D eigenvalue weighted by Crippen LogP contribution is -2.22. The van der Waals surface area contributed by atoms with Crippen LogP contribution in [0.15, 0.2) is 0 Å². The zero-order valence-corrected chi connectivity index (χ0v) is 6.91. The minimum absolute atomic E-state index is 0.0509. The molecule has 9 heavy (non-hydrogen) atoms. The normalized spacial score (nSPS) is 9.89. The Bertz CT molecular complexity index is 103. The Labute approximate surface area is 64.7 Å². The van der Waals surface area contributed by atoms with E-state index in [4.69, 9.17) is 23.2 Å². The van der Waals surface area contributed by atoms with Crippen LogP contribution in [0.3, 0.4) is 0 Å². The van der Waals surface area contributed by atoms with Gasteiger partial charge in [0.25, 0.3) is 0 Å². The highest BCUT2D eigenvalue weighted by Crippen LogP contribution is 2.07. The molecular formula is C5H9Cl2NO. The van der Waals surface area contributed by atoms with Crippen LogP contribution < -0.4 is 0 Å². The lowest BCUT2D eigenvalue weighted by Gasteiger charge is -2.09. The summed E-state index contributed by atoms with van der Waals surface area (Å²) in [7, 11) is 3.33. The number of amides is 1. The van der Waals surface area contributed by atoms with E-state index in [2.05, 4.69) is 0 Å². The Kier molecular flexibility index (Phi) is 3.98. The van der Waals surface area contributed by atoms with Crippen molar-refractivity contribution in [3.8, 4) is 0 Å². The molecule has 0 saturated heterocycles. The van der Waals surface area contributed by atoms with Gasteiger partial charge in [-0.15, -0.1) is 23.2 Å². The van der Waals surface area contributed by atoms with E-state index in [0.29, 0.717) is 0 Å². The first-order valence-electron chi connectivity index (χ1n) is 2.52. The zero-order valence-electron chi connectivity index (χ0n) is 5.40. The average molecular weight is 170 g/mol. The quantitative estimate of drug-likeness (QED) is 0.571. The van der Waals surface area contributed by atoms with Crippen LogP contribution in [-0.2, 0) is 4.79 Å². The third kappa shape index (κ3) is 4.55. The molecule has 2 nitrogen and oxygen atoms in total. The second-order valence-electron chi connectivity index (χ2n) is 1.88. The van der Waals surface area contributed by atoms with Gasteiger partial charge in [0.05, 0.1) is 6.42 Å². The molecule has 0 N–H and O–H groups in total. The van der Waals surface area contributed by atoms with Crippen LogP contribution in [0, 0.1) is 0 Å². The topological polar surface area (TPSA) is 20.3 Å². The van der Waals surface area contributed by atoms with Crippen LogP contribution in [0.25, 0.3) is 0 Å². The molecule has 0 aliphatic rings. The summed E-state index contributed by atoms with van der Waals surface area (Å²) in [5, 5.41) is 0. The molecule has 0 bridgehead atoms. The number of nitrogens with zero attached hydrogens (tertiary/aromatic N) is 1. The first-order chi connectivity index (χ1) is 4.04. The maximum Gasteiger partial charge on any atom is 0.224 e. The predicted molar refractivity (Wildman–Crippen MR) is 38.8 cm³/mol. The van der Waals surface area contributed by atoms with Crippen molar-refractivity contribution in [3.63, 3.8) is 0 Å². The lowest BCUT2D eigenvalue weighted by molar-refractivity contribution is -0.128. The molecule has 0 spiro atoms. The molecule has 0 aliphatic heterocycles. The number of hydrogen-bond donors (Lipinski definition) is 0. The maximum absolute atomic E-state index is 10.7. The summed E-state index contributed by atoms with van der Waals surface area (Å²) in [5.41, 5.74) is 0. The second kappa shape index (κ2) is 3.96. The SMILES string of the molecule is CN(C)C(=O)CC(Cl)Cl. The third-order valence-corrected chi connectivity index (χ3v) is 1.14. The van der Waals surface area contributed by atoms with Crippen molar-refractivity contribution < 1.29 is 4.79 Å². The molecule has 0 radical (unpaired) electrons. The van der Waals surface area contributed by atoms with E-state index < -0.39 is 4.84 Å². The number of rotatable bonds is 2. The highest BCUT2D eigenvalue weighted by atomic mass is 35.5. The van der Waals surface area contributed by atoms with Gasteiger partial charge in [0.15, 0.2) is 0 Å². The Balaban J connectivity index is 3.51. The summed E-state index contributed by atoms with van der Waals surface area (Å²) >= 11 is 10.7. The first kappa shape index (κ1) is 9.05. The van der Waals surface area contributed by atoms with Gasteiger partial charge < -0.3 is 4.90 Å². The standard InChI is InChI=1S/C5H9Cl2NO/c1-8(2)5(9)3-4(6)7/h4H,3H2,1-2H3. The fourth-order valence-electron chi connectivity index (χ4n) is 0.315. The van der Waals surface area contributed by atoms with Crippen LogP contribution in [0.1, 0.15) is 6.42 Å². The van der Waals surface area contributed by atoms with Gasteiger partial charge in [0.1, 0.15) is 4.84 Å². The Hall–Kier alpha value is 0.0500. The Morgan fingerprint density at radius 3 is 2.11 bits per heavy atom. The average Bonchev–Trinajstić information content (AvgIpc) is 1.63. The highest BCUT2D eigenvalue weighted by Gasteiger charge is 2.08. The molecule has 0 aliphatic carbocycles. The first-order valence-corrected chi connectivity index (χ1v) is 3.39. The van der Waals surface area contributed by atoms with Gasteiger partial charge >= 0.3 is 0 Å². The van der Waals surface area contributed by atoms with Gasteiger partial charge in [-0.3, -0.25) is 4.79 Å². The molecule has 0 saturated carbocycles. The van der Waals surface area contributed by atoms with Crippen molar-refractivity contribution in [1.29, 1.82) is 0 Å². The van der Waals surface area contributed by atoms with Gasteiger partial charge in [-0.25, -0.2) is 0 Å².